The highest BCUT2D eigenvalue weighted by Gasteiger charge is 2.39. The van der Waals surface area contributed by atoms with E-state index in [2.05, 4.69) is 9.72 Å². The molecule has 0 aromatic carbocycles. The maximum atomic E-state index is 12.6. The zero-order chi connectivity index (χ0) is 16.5. The molecule has 1 aromatic heterocycles. The number of carboxylic acids is 1. The van der Waals surface area contributed by atoms with E-state index in [1.165, 1.54) is 13.2 Å². The SMILES string of the molecule is COC(=O)c1cc(S(=O)(=O)N2CCCC2C(=O)O)cnc1C. The molecule has 1 aromatic rings. The van der Waals surface area contributed by atoms with E-state index >= 15 is 0 Å². The third kappa shape index (κ3) is 2.81. The summed E-state index contributed by atoms with van der Waals surface area (Å²) in [4.78, 5) is 26.5. The van der Waals surface area contributed by atoms with Gasteiger partial charge in [0.15, 0.2) is 0 Å². The van der Waals surface area contributed by atoms with Crippen molar-refractivity contribution in [2.75, 3.05) is 13.7 Å². The summed E-state index contributed by atoms with van der Waals surface area (Å²) in [6.45, 7) is 1.68. The van der Waals surface area contributed by atoms with Gasteiger partial charge < -0.3 is 9.84 Å². The molecular weight excluding hydrogens is 312 g/mol. The van der Waals surface area contributed by atoms with E-state index in [0.717, 1.165) is 10.5 Å². The molecule has 2 rings (SSSR count). The summed E-state index contributed by atoms with van der Waals surface area (Å²) in [5, 5.41) is 9.12. The van der Waals surface area contributed by atoms with Crippen molar-refractivity contribution in [1.82, 2.24) is 9.29 Å². The summed E-state index contributed by atoms with van der Waals surface area (Å²) >= 11 is 0. The van der Waals surface area contributed by atoms with Crippen molar-refractivity contribution < 1.29 is 27.9 Å². The van der Waals surface area contributed by atoms with Gasteiger partial charge in [-0.25, -0.2) is 13.2 Å². The fourth-order valence-electron chi connectivity index (χ4n) is 2.38. The number of nitrogens with zero attached hydrogens (tertiary/aromatic N) is 2. The number of carboxylic acid groups (broad SMARTS) is 1. The number of hydrogen-bond acceptors (Lipinski definition) is 6. The maximum Gasteiger partial charge on any atom is 0.339 e. The minimum absolute atomic E-state index is 0.0367. The Morgan fingerprint density at radius 1 is 1.45 bits per heavy atom. The van der Waals surface area contributed by atoms with Crippen molar-refractivity contribution >= 4 is 22.0 Å². The molecule has 0 aliphatic carbocycles. The van der Waals surface area contributed by atoms with Crippen LogP contribution in [0.4, 0.5) is 0 Å². The number of ether oxygens (including phenoxy) is 1. The Hall–Kier alpha value is -2.00. The lowest BCUT2D eigenvalue weighted by molar-refractivity contribution is -0.140. The van der Waals surface area contributed by atoms with Crippen LogP contribution in [0.5, 0.6) is 0 Å². The molecule has 1 unspecified atom stereocenters. The van der Waals surface area contributed by atoms with Gasteiger partial charge in [0.25, 0.3) is 0 Å². The molecule has 120 valence electrons. The Kier molecular flexibility index (Phi) is 4.47. The van der Waals surface area contributed by atoms with Crippen LogP contribution < -0.4 is 0 Å². The fourth-order valence-corrected chi connectivity index (χ4v) is 4.01. The first kappa shape index (κ1) is 16.4. The van der Waals surface area contributed by atoms with Crippen molar-refractivity contribution in [3.05, 3.63) is 23.5 Å². The van der Waals surface area contributed by atoms with Gasteiger partial charge in [0, 0.05) is 12.7 Å². The van der Waals surface area contributed by atoms with Crippen molar-refractivity contribution in [3.63, 3.8) is 0 Å². The van der Waals surface area contributed by atoms with Gasteiger partial charge in [0.05, 0.1) is 18.4 Å². The molecule has 0 bridgehead atoms. The highest BCUT2D eigenvalue weighted by atomic mass is 32.2. The van der Waals surface area contributed by atoms with Crippen LogP contribution in [0.25, 0.3) is 0 Å². The number of methoxy groups -OCH3 is 1. The average molecular weight is 328 g/mol. The summed E-state index contributed by atoms with van der Waals surface area (Å²) in [5.74, 6) is -1.88. The van der Waals surface area contributed by atoms with E-state index < -0.39 is 28.0 Å². The number of carbonyl (C=O) groups excluding carboxylic acids is 1. The molecule has 9 heteroatoms. The normalized spacial score (nSPS) is 19.1. The summed E-state index contributed by atoms with van der Waals surface area (Å²) in [6.07, 6.45) is 1.85. The minimum Gasteiger partial charge on any atom is -0.480 e. The number of hydrogen-bond donors (Lipinski definition) is 1. The van der Waals surface area contributed by atoms with Crippen LogP contribution in [0.2, 0.25) is 0 Å². The highest BCUT2D eigenvalue weighted by molar-refractivity contribution is 7.89. The smallest absolute Gasteiger partial charge is 0.339 e. The standard InChI is InChI=1S/C13H16N2O6S/c1-8-10(13(18)21-2)6-9(7-14-8)22(19,20)15-5-3-4-11(15)12(16)17/h6-7,11H,3-5H2,1-2H3,(H,16,17). The van der Waals surface area contributed by atoms with Gasteiger partial charge in [-0.2, -0.15) is 4.31 Å². The number of aliphatic carboxylic acids is 1. The third-order valence-electron chi connectivity index (χ3n) is 3.56. The van der Waals surface area contributed by atoms with Gasteiger partial charge in [-0.1, -0.05) is 0 Å². The first-order valence-electron chi connectivity index (χ1n) is 6.58. The second-order valence-electron chi connectivity index (χ2n) is 4.91. The Balaban J connectivity index is 2.46. The molecule has 1 aliphatic rings. The first-order valence-corrected chi connectivity index (χ1v) is 8.02. The number of carbonyl (C=O) groups is 2. The number of pyridine rings is 1. The Morgan fingerprint density at radius 2 is 2.14 bits per heavy atom. The van der Waals surface area contributed by atoms with Gasteiger partial charge >= 0.3 is 11.9 Å². The summed E-state index contributed by atoms with van der Waals surface area (Å²) in [5.41, 5.74) is 0.372. The number of rotatable bonds is 4. The zero-order valence-corrected chi connectivity index (χ0v) is 13.0. The van der Waals surface area contributed by atoms with Crippen molar-refractivity contribution in [2.45, 2.75) is 30.7 Å². The predicted octanol–water partition coefficient (Wildman–Crippen LogP) is 0.414. The lowest BCUT2D eigenvalue weighted by Crippen LogP contribution is -2.40. The Labute approximate surface area is 127 Å². The molecule has 8 nitrogen and oxygen atoms in total. The quantitative estimate of drug-likeness (QED) is 0.796. The zero-order valence-electron chi connectivity index (χ0n) is 12.1. The van der Waals surface area contributed by atoms with Gasteiger partial charge in [-0.15, -0.1) is 0 Å². The van der Waals surface area contributed by atoms with Crippen LogP contribution in [-0.2, 0) is 19.6 Å². The summed E-state index contributed by atoms with van der Waals surface area (Å²) in [6, 6.07) is 0.0775. The molecule has 1 aliphatic heterocycles. The largest absolute Gasteiger partial charge is 0.480 e. The molecule has 1 atom stereocenters. The molecule has 22 heavy (non-hydrogen) atoms. The van der Waals surface area contributed by atoms with Crippen molar-refractivity contribution in [2.24, 2.45) is 0 Å². The van der Waals surface area contributed by atoms with Crippen LogP contribution in [0.3, 0.4) is 0 Å². The topological polar surface area (TPSA) is 114 Å². The van der Waals surface area contributed by atoms with Crippen LogP contribution in [0, 0.1) is 6.92 Å². The minimum atomic E-state index is -4.03. The van der Waals surface area contributed by atoms with E-state index in [-0.39, 0.29) is 23.4 Å². The molecule has 0 amide bonds. The number of aromatic nitrogens is 1. The van der Waals surface area contributed by atoms with Gasteiger partial charge in [-0.05, 0) is 25.8 Å². The molecule has 1 saturated heterocycles. The molecular formula is C13H16N2O6S. The number of aryl methyl sites for hydroxylation is 1. The van der Waals surface area contributed by atoms with E-state index in [0.29, 0.717) is 12.1 Å². The Bertz CT molecular complexity index is 715. The Morgan fingerprint density at radius 3 is 2.73 bits per heavy atom. The fraction of sp³-hybridized carbons (Fsp3) is 0.462. The molecule has 1 N–H and O–H groups in total. The molecule has 2 heterocycles. The third-order valence-corrected chi connectivity index (χ3v) is 5.44. The van der Waals surface area contributed by atoms with Crippen molar-refractivity contribution in [1.29, 1.82) is 0 Å². The van der Waals surface area contributed by atoms with E-state index in [1.807, 2.05) is 0 Å². The lowest BCUT2D eigenvalue weighted by atomic mass is 10.2. The van der Waals surface area contributed by atoms with E-state index in [1.54, 1.807) is 6.92 Å². The number of esters is 1. The van der Waals surface area contributed by atoms with Gasteiger partial charge in [-0.3, -0.25) is 9.78 Å². The number of sulfonamides is 1. The molecule has 0 radical (unpaired) electrons. The molecule has 0 saturated carbocycles. The predicted molar refractivity (Wildman–Crippen MR) is 74.9 cm³/mol. The second-order valence-corrected chi connectivity index (χ2v) is 6.80. The summed E-state index contributed by atoms with van der Waals surface area (Å²) < 4.78 is 30.7. The van der Waals surface area contributed by atoms with Crippen molar-refractivity contribution in [3.8, 4) is 0 Å². The first-order chi connectivity index (χ1) is 10.3. The average Bonchev–Trinajstić information content (AvgIpc) is 2.97. The van der Waals surface area contributed by atoms with Crippen LogP contribution in [0.15, 0.2) is 17.2 Å². The molecule has 1 fully saturated rings. The van der Waals surface area contributed by atoms with E-state index in [9.17, 15) is 18.0 Å². The van der Waals surface area contributed by atoms with Gasteiger partial charge in [0.1, 0.15) is 10.9 Å². The summed E-state index contributed by atoms with van der Waals surface area (Å²) in [7, 11) is -2.85. The maximum absolute atomic E-state index is 12.6. The highest BCUT2D eigenvalue weighted by Crippen LogP contribution is 2.26. The molecule has 0 spiro atoms. The van der Waals surface area contributed by atoms with Crippen LogP contribution in [0.1, 0.15) is 28.9 Å². The lowest BCUT2D eigenvalue weighted by Gasteiger charge is -2.21. The van der Waals surface area contributed by atoms with Crippen LogP contribution in [-0.4, -0.2) is 54.4 Å². The van der Waals surface area contributed by atoms with Crippen LogP contribution >= 0.6 is 0 Å². The van der Waals surface area contributed by atoms with E-state index in [4.69, 9.17) is 5.11 Å². The second kappa shape index (κ2) is 6.01. The van der Waals surface area contributed by atoms with Gasteiger partial charge in [0.2, 0.25) is 10.0 Å². The monoisotopic (exact) mass is 328 g/mol.